The lowest BCUT2D eigenvalue weighted by molar-refractivity contribution is 0.0791. The second-order valence-corrected chi connectivity index (χ2v) is 7.50. The number of fused-ring (bicyclic) bond motifs is 1. The first-order chi connectivity index (χ1) is 11.6. The highest BCUT2D eigenvalue weighted by Crippen LogP contribution is 2.46. The van der Waals surface area contributed by atoms with Crippen LogP contribution < -0.4 is 10.1 Å². The van der Waals surface area contributed by atoms with Gasteiger partial charge >= 0.3 is 0 Å². The number of nitrogens with one attached hydrogen (secondary N) is 1. The third-order valence-corrected chi connectivity index (χ3v) is 5.91. The van der Waals surface area contributed by atoms with E-state index in [0.717, 1.165) is 30.0 Å². The molecule has 2 unspecified atom stereocenters. The lowest BCUT2D eigenvalue weighted by Crippen LogP contribution is -2.53. The summed E-state index contributed by atoms with van der Waals surface area (Å²) in [6, 6.07) is 5.62. The first-order valence-corrected chi connectivity index (χ1v) is 8.98. The van der Waals surface area contributed by atoms with Crippen LogP contribution in [0.3, 0.4) is 0 Å². The van der Waals surface area contributed by atoms with Crippen LogP contribution in [-0.2, 0) is 0 Å². The van der Waals surface area contributed by atoms with Crippen LogP contribution in [0, 0.1) is 12.8 Å². The number of ether oxygens (including phenoxy) is 1. The highest BCUT2D eigenvalue weighted by atomic mass is 32.1. The van der Waals surface area contributed by atoms with Crippen molar-refractivity contribution in [2.45, 2.75) is 25.3 Å². The van der Waals surface area contributed by atoms with Gasteiger partial charge in [-0.15, -0.1) is 11.3 Å². The first kappa shape index (κ1) is 15.4. The van der Waals surface area contributed by atoms with Crippen LogP contribution in [0.4, 0.5) is 5.95 Å². The lowest BCUT2D eigenvalue weighted by Gasteiger charge is -2.44. The van der Waals surface area contributed by atoms with E-state index in [9.17, 15) is 4.79 Å². The van der Waals surface area contributed by atoms with Crippen LogP contribution in [0.1, 0.15) is 28.2 Å². The molecule has 1 N–H and O–H groups in total. The van der Waals surface area contributed by atoms with Crippen LogP contribution in [0.5, 0.6) is 5.88 Å². The van der Waals surface area contributed by atoms with Crippen molar-refractivity contribution in [1.82, 2.24) is 14.9 Å². The van der Waals surface area contributed by atoms with Gasteiger partial charge in [0.2, 0.25) is 11.8 Å². The molecular formula is C17H20N4O2S. The van der Waals surface area contributed by atoms with Crippen molar-refractivity contribution >= 4 is 23.2 Å². The quantitative estimate of drug-likeness (QED) is 0.923. The number of amides is 1. The Morgan fingerprint density at radius 1 is 1.50 bits per heavy atom. The molecule has 2 aromatic rings. The normalized spacial score (nSPS) is 25.1. The number of hydrogen-bond donors (Lipinski definition) is 1. The zero-order valence-corrected chi connectivity index (χ0v) is 14.6. The van der Waals surface area contributed by atoms with Crippen LogP contribution in [-0.4, -0.2) is 46.5 Å². The fourth-order valence-corrected chi connectivity index (χ4v) is 4.37. The molecule has 6 nitrogen and oxygen atoms in total. The molecular weight excluding hydrogens is 324 g/mol. The van der Waals surface area contributed by atoms with Crippen molar-refractivity contribution in [3.05, 3.63) is 34.2 Å². The zero-order valence-electron chi connectivity index (χ0n) is 13.8. The van der Waals surface area contributed by atoms with Gasteiger partial charge in [0, 0.05) is 30.8 Å². The fraction of sp³-hybridized carbons (Fsp3) is 0.471. The smallest absolute Gasteiger partial charge is 0.264 e. The minimum absolute atomic E-state index is 0.105. The summed E-state index contributed by atoms with van der Waals surface area (Å²) in [5.74, 6) is 1.73. The molecule has 24 heavy (non-hydrogen) atoms. The zero-order chi connectivity index (χ0) is 16.7. The van der Waals surface area contributed by atoms with Gasteiger partial charge in [0.25, 0.3) is 5.91 Å². The van der Waals surface area contributed by atoms with Crippen molar-refractivity contribution < 1.29 is 9.53 Å². The molecule has 2 fully saturated rings. The Hall–Kier alpha value is -2.15. The van der Waals surface area contributed by atoms with E-state index in [4.69, 9.17) is 4.74 Å². The number of aryl methyl sites for hydroxylation is 1. The Morgan fingerprint density at radius 3 is 3.04 bits per heavy atom. The predicted molar refractivity (Wildman–Crippen MR) is 92.6 cm³/mol. The van der Waals surface area contributed by atoms with Gasteiger partial charge in [-0.25, -0.2) is 4.98 Å². The molecule has 1 saturated heterocycles. The number of thiophene rings is 1. The predicted octanol–water partition coefficient (Wildman–Crippen LogP) is 2.57. The van der Waals surface area contributed by atoms with E-state index in [1.165, 1.54) is 11.3 Å². The molecule has 2 aromatic heterocycles. The highest BCUT2D eigenvalue weighted by molar-refractivity contribution is 7.12. The summed E-state index contributed by atoms with van der Waals surface area (Å²) in [6.07, 6.45) is 2.16. The van der Waals surface area contributed by atoms with E-state index in [2.05, 4.69) is 15.3 Å². The third-order valence-electron chi connectivity index (χ3n) is 5.05. The van der Waals surface area contributed by atoms with E-state index in [0.29, 0.717) is 24.3 Å². The van der Waals surface area contributed by atoms with Gasteiger partial charge in [-0.1, -0.05) is 6.07 Å². The van der Waals surface area contributed by atoms with E-state index in [1.54, 1.807) is 7.11 Å². The average molecular weight is 344 g/mol. The summed E-state index contributed by atoms with van der Waals surface area (Å²) >= 11 is 1.50. The number of rotatable bonds is 4. The van der Waals surface area contributed by atoms with Crippen molar-refractivity contribution in [2.75, 3.05) is 25.5 Å². The first-order valence-electron chi connectivity index (χ1n) is 8.10. The molecule has 0 spiro atoms. The van der Waals surface area contributed by atoms with Gasteiger partial charge in [-0.05, 0) is 31.2 Å². The maximum atomic E-state index is 12.6. The molecule has 0 radical (unpaired) electrons. The number of aromatic nitrogens is 2. The van der Waals surface area contributed by atoms with Gasteiger partial charge in [0.1, 0.15) is 0 Å². The maximum Gasteiger partial charge on any atom is 0.264 e. The van der Waals surface area contributed by atoms with Gasteiger partial charge in [0.05, 0.1) is 17.5 Å². The molecule has 2 atom stereocenters. The second kappa shape index (κ2) is 5.73. The van der Waals surface area contributed by atoms with E-state index in [1.807, 2.05) is 35.4 Å². The molecule has 0 aromatic carbocycles. The van der Waals surface area contributed by atoms with Gasteiger partial charge < -0.3 is 15.0 Å². The minimum Gasteiger partial charge on any atom is -0.481 e. The van der Waals surface area contributed by atoms with Gasteiger partial charge in [-0.2, -0.15) is 4.98 Å². The van der Waals surface area contributed by atoms with Crippen molar-refractivity contribution in [3.63, 3.8) is 0 Å². The van der Waals surface area contributed by atoms with Crippen molar-refractivity contribution in [2.24, 2.45) is 5.92 Å². The number of hydrogen-bond acceptors (Lipinski definition) is 6. The Morgan fingerprint density at radius 2 is 2.38 bits per heavy atom. The van der Waals surface area contributed by atoms with Crippen LogP contribution in [0.25, 0.3) is 0 Å². The van der Waals surface area contributed by atoms with Gasteiger partial charge in [0.15, 0.2) is 0 Å². The summed E-state index contributed by atoms with van der Waals surface area (Å²) < 4.78 is 5.23. The largest absolute Gasteiger partial charge is 0.481 e. The Labute approximate surface area is 144 Å². The van der Waals surface area contributed by atoms with E-state index >= 15 is 0 Å². The third kappa shape index (κ3) is 2.53. The van der Waals surface area contributed by atoms with Gasteiger partial charge in [-0.3, -0.25) is 4.79 Å². The standard InChI is InChI=1S/C17H20N4O2S/c1-11-8-14(23-2)19-16(18-11)20-17-6-5-12(17)9-21(10-17)15(22)13-4-3-7-24-13/h3-4,7-8,12H,5-6,9-10H2,1-2H3,(H,18,19,20). The molecule has 0 bridgehead atoms. The molecule has 2 aliphatic rings. The molecule has 126 valence electrons. The molecule has 1 saturated carbocycles. The summed E-state index contributed by atoms with van der Waals surface area (Å²) in [7, 11) is 1.60. The summed E-state index contributed by atoms with van der Waals surface area (Å²) in [4.78, 5) is 24.3. The number of carbonyl (C=O) groups is 1. The monoisotopic (exact) mass is 344 g/mol. The topological polar surface area (TPSA) is 67.3 Å². The summed E-state index contributed by atoms with van der Waals surface area (Å²) in [6.45, 7) is 3.42. The molecule has 7 heteroatoms. The van der Waals surface area contributed by atoms with Crippen molar-refractivity contribution in [1.29, 1.82) is 0 Å². The Bertz CT molecular complexity index is 764. The fourth-order valence-electron chi connectivity index (χ4n) is 3.68. The average Bonchev–Trinajstić information content (AvgIpc) is 3.16. The molecule has 3 heterocycles. The number of anilines is 1. The van der Waals surface area contributed by atoms with E-state index in [-0.39, 0.29) is 11.4 Å². The molecule has 1 aliphatic heterocycles. The Kier molecular flexibility index (Phi) is 3.68. The van der Waals surface area contributed by atoms with Crippen LogP contribution in [0.2, 0.25) is 0 Å². The molecule has 4 rings (SSSR count). The Balaban J connectivity index is 1.53. The van der Waals surface area contributed by atoms with E-state index < -0.39 is 0 Å². The SMILES string of the molecule is COc1cc(C)nc(NC23CCC2CN(C(=O)c2cccs2)C3)n1. The lowest BCUT2D eigenvalue weighted by atomic mass is 9.69. The minimum atomic E-state index is -0.105. The summed E-state index contributed by atoms with van der Waals surface area (Å²) in [5, 5.41) is 5.45. The summed E-state index contributed by atoms with van der Waals surface area (Å²) in [5.41, 5.74) is 0.757. The number of carbonyl (C=O) groups excluding carboxylic acids is 1. The second-order valence-electron chi connectivity index (χ2n) is 6.56. The van der Waals surface area contributed by atoms with Crippen LogP contribution in [0.15, 0.2) is 23.6 Å². The molecule has 1 amide bonds. The van der Waals surface area contributed by atoms with Crippen molar-refractivity contribution in [3.8, 4) is 5.88 Å². The number of methoxy groups -OCH3 is 1. The number of nitrogens with zero attached hydrogens (tertiary/aromatic N) is 3. The highest BCUT2D eigenvalue weighted by Gasteiger charge is 2.54. The molecule has 1 aliphatic carbocycles. The maximum absolute atomic E-state index is 12.6. The number of likely N-dealkylation sites (tertiary alicyclic amines) is 1. The van der Waals surface area contributed by atoms with Crippen LogP contribution >= 0.6 is 11.3 Å².